The third kappa shape index (κ3) is 2.41. The first-order chi connectivity index (χ1) is 8.67. The Bertz CT molecular complexity index is 536. The fraction of sp³-hybridized carbons (Fsp3) is 0.286. The zero-order chi connectivity index (χ0) is 13.1. The molecule has 0 aliphatic rings. The summed E-state index contributed by atoms with van der Waals surface area (Å²) >= 11 is 1.69. The number of benzene rings is 1. The van der Waals surface area contributed by atoms with Crippen LogP contribution in [0.25, 0.3) is 0 Å². The van der Waals surface area contributed by atoms with Crippen molar-refractivity contribution in [2.45, 2.75) is 19.9 Å². The van der Waals surface area contributed by atoms with Crippen molar-refractivity contribution in [2.75, 3.05) is 7.11 Å². The predicted octanol–water partition coefficient (Wildman–Crippen LogP) is 2.93. The molecule has 18 heavy (non-hydrogen) atoms. The summed E-state index contributed by atoms with van der Waals surface area (Å²) in [4.78, 5) is 0. The number of thiophene rings is 1. The molecule has 1 atom stereocenters. The second-order valence-electron chi connectivity index (χ2n) is 4.36. The highest BCUT2D eigenvalue weighted by atomic mass is 32.1. The fourth-order valence-electron chi connectivity index (χ4n) is 2.09. The topological polar surface area (TPSA) is 47.3 Å². The van der Waals surface area contributed by atoms with E-state index in [1.807, 2.05) is 12.1 Å². The molecule has 1 aromatic heterocycles. The van der Waals surface area contributed by atoms with Crippen LogP contribution in [-0.4, -0.2) is 7.11 Å². The maximum atomic E-state index is 5.74. The van der Waals surface area contributed by atoms with Gasteiger partial charge in [0.2, 0.25) is 0 Å². The van der Waals surface area contributed by atoms with Crippen molar-refractivity contribution < 1.29 is 4.74 Å². The van der Waals surface area contributed by atoms with Gasteiger partial charge in [0.15, 0.2) is 0 Å². The van der Waals surface area contributed by atoms with Crippen LogP contribution in [0.5, 0.6) is 5.75 Å². The fourth-order valence-corrected chi connectivity index (χ4v) is 2.97. The van der Waals surface area contributed by atoms with Crippen molar-refractivity contribution in [1.82, 2.24) is 5.43 Å². The normalized spacial score (nSPS) is 12.4. The molecule has 1 heterocycles. The van der Waals surface area contributed by atoms with Crippen LogP contribution in [0.3, 0.4) is 0 Å². The lowest BCUT2D eigenvalue weighted by molar-refractivity contribution is 0.404. The minimum atomic E-state index is -0.0360. The molecule has 0 aliphatic heterocycles. The van der Waals surface area contributed by atoms with Gasteiger partial charge in [0.1, 0.15) is 5.75 Å². The van der Waals surface area contributed by atoms with Gasteiger partial charge < -0.3 is 4.74 Å². The minimum Gasteiger partial charge on any atom is -0.496 e. The largest absolute Gasteiger partial charge is 0.496 e. The summed E-state index contributed by atoms with van der Waals surface area (Å²) in [7, 11) is 1.68. The van der Waals surface area contributed by atoms with Crippen LogP contribution in [0, 0.1) is 13.8 Å². The summed E-state index contributed by atoms with van der Waals surface area (Å²) in [5.41, 5.74) is 7.60. The Hall–Kier alpha value is -1.36. The van der Waals surface area contributed by atoms with Crippen LogP contribution >= 0.6 is 11.3 Å². The molecular weight excluding hydrogens is 244 g/mol. The number of nitrogens with one attached hydrogen (secondary N) is 1. The third-order valence-corrected chi connectivity index (χ3v) is 3.95. The molecule has 1 aromatic carbocycles. The Morgan fingerprint density at radius 1 is 1.22 bits per heavy atom. The maximum Gasteiger partial charge on any atom is 0.124 e. The quantitative estimate of drug-likeness (QED) is 0.658. The summed E-state index contributed by atoms with van der Waals surface area (Å²) in [6.45, 7) is 4.16. The number of aryl methyl sites for hydroxylation is 2. The Balaban J connectivity index is 2.51. The molecular formula is C14H18N2OS. The number of nitrogens with two attached hydrogens (primary N) is 1. The number of hydrazine groups is 1. The molecule has 96 valence electrons. The monoisotopic (exact) mass is 262 g/mol. The van der Waals surface area contributed by atoms with E-state index < -0.39 is 0 Å². The van der Waals surface area contributed by atoms with E-state index in [0.717, 1.165) is 11.3 Å². The highest BCUT2D eigenvalue weighted by Crippen LogP contribution is 2.33. The van der Waals surface area contributed by atoms with Gasteiger partial charge in [-0.15, -0.1) is 0 Å². The van der Waals surface area contributed by atoms with Crippen LogP contribution in [0.15, 0.2) is 29.0 Å². The lowest BCUT2D eigenvalue weighted by Crippen LogP contribution is -2.29. The summed E-state index contributed by atoms with van der Waals surface area (Å²) in [5, 5.41) is 4.25. The molecule has 4 heteroatoms. The number of hydrogen-bond acceptors (Lipinski definition) is 4. The maximum absolute atomic E-state index is 5.74. The van der Waals surface area contributed by atoms with Gasteiger partial charge in [-0.2, -0.15) is 11.3 Å². The molecule has 0 spiro atoms. The Morgan fingerprint density at radius 3 is 2.56 bits per heavy atom. The van der Waals surface area contributed by atoms with Gasteiger partial charge in [0.05, 0.1) is 13.2 Å². The standard InChI is InChI=1S/C14H18N2OS/c1-9-4-5-13(17-3)11(6-9)14(16-15)12-8-18-7-10(12)2/h4-8,14,16H,15H2,1-3H3. The lowest BCUT2D eigenvalue weighted by Gasteiger charge is -2.20. The SMILES string of the molecule is COc1ccc(C)cc1C(NN)c1cscc1C. The van der Waals surface area contributed by atoms with Gasteiger partial charge >= 0.3 is 0 Å². The molecule has 0 radical (unpaired) electrons. The summed E-state index contributed by atoms with van der Waals surface area (Å²) < 4.78 is 5.43. The van der Waals surface area contributed by atoms with E-state index in [1.54, 1.807) is 18.4 Å². The first-order valence-electron chi connectivity index (χ1n) is 5.80. The Kier molecular flexibility index (Phi) is 4.01. The average molecular weight is 262 g/mol. The van der Waals surface area contributed by atoms with Crippen LogP contribution in [0.2, 0.25) is 0 Å². The van der Waals surface area contributed by atoms with E-state index >= 15 is 0 Å². The second-order valence-corrected chi connectivity index (χ2v) is 5.10. The molecule has 2 aromatic rings. The molecule has 0 aliphatic carbocycles. The van der Waals surface area contributed by atoms with Crippen molar-refractivity contribution in [1.29, 1.82) is 0 Å². The smallest absolute Gasteiger partial charge is 0.124 e. The van der Waals surface area contributed by atoms with Crippen LogP contribution in [0.1, 0.15) is 28.3 Å². The number of rotatable bonds is 4. The highest BCUT2D eigenvalue weighted by Gasteiger charge is 2.19. The Morgan fingerprint density at radius 2 is 2.00 bits per heavy atom. The molecule has 0 fully saturated rings. The molecule has 1 unspecified atom stereocenters. The predicted molar refractivity (Wildman–Crippen MR) is 76.0 cm³/mol. The molecule has 2 rings (SSSR count). The van der Waals surface area contributed by atoms with E-state index in [1.165, 1.54) is 16.7 Å². The Labute approximate surface area is 112 Å². The van der Waals surface area contributed by atoms with Gasteiger partial charge in [0.25, 0.3) is 0 Å². The number of ether oxygens (including phenoxy) is 1. The van der Waals surface area contributed by atoms with Crippen molar-refractivity contribution in [3.8, 4) is 5.75 Å². The number of hydrogen-bond donors (Lipinski definition) is 2. The molecule has 0 bridgehead atoms. The molecule has 0 saturated carbocycles. The summed E-state index contributed by atoms with van der Waals surface area (Å²) in [5.74, 6) is 6.59. The molecule has 0 amide bonds. The van der Waals surface area contributed by atoms with E-state index in [0.29, 0.717) is 0 Å². The van der Waals surface area contributed by atoms with Crippen molar-refractivity contribution in [3.63, 3.8) is 0 Å². The zero-order valence-corrected chi connectivity index (χ0v) is 11.7. The summed E-state index contributed by atoms with van der Waals surface area (Å²) in [6.07, 6.45) is 0. The molecule has 3 N–H and O–H groups in total. The van der Waals surface area contributed by atoms with E-state index in [9.17, 15) is 0 Å². The third-order valence-electron chi connectivity index (χ3n) is 3.07. The van der Waals surface area contributed by atoms with Crippen LogP contribution in [0.4, 0.5) is 0 Å². The molecule has 3 nitrogen and oxygen atoms in total. The van der Waals surface area contributed by atoms with Crippen molar-refractivity contribution in [2.24, 2.45) is 5.84 Å². The van der Waals surface area contributed by atoms with E-state index in [2.05, 4.69) is 36.1 Å². The summed E-state index contributed by atoms with van der Waals surface area (Å²) in [6, 6.07) is 6.10. The first kappa shape index (κ1) is 13.1. The van der Waals surface area contributed by atoms with Crippen LogP contribution in [-0.2, 0) is 0 Å². The average Bonchev–Trinajstić information content (AvgIpc) is 2.77. The van der Waals surface area contributed by atoms with E-state index in [-0.39, 0.29) is 6.04 Å². The lowest BCUT2D eigenvalue weighted by atomic mass is 9.97. The highest BCUT2D eigenvalue weighted by molar-refractivity contribution is 7.08. The van der Waals surface area contributed by atoms with E-state index in [4.69, 9.17) is 10.6 Å². The molecule has 0 saturated heterocycles. The zero-order valence-electron chi connectivity index (χ0n) is 10.9. The van der Waals surface area contributed by atoms with Crippen molar-refractivity contribution in [3.05, 3.63) is 51.2 Å². The van der Waals surface area contributed by atoms with Gasteiger partial charge in [-0.05, 0) is 41.8 Å². The van der Waals surface area contributed by atoms with Gasteiger partial charge in [-0.1, -0.05) is 17.7 Å². The van der Waals surface area contributed by atoms with Gasteiger partial charge in [0, 0.05) is 5.56 Å². The minimum absolute atomic E-state index is 0.0360. The first-order valence-corrected chi connectivity index (χ1v) is 6.75. The van der Waals surface area contributed by atoms with Crippen molar-refractivity contribution >= 4 is 11.3 Å². The second kappa shape index (κ2) is 5.52. The number of methoxy groups -OCH3 is 1. The van der Waals surface area contributed by atoms with Gasteiger partial charge in [-0.25, -0.2) is 5.43 Å². The van der Waals surface area contributed by atoms with Crippen LogP contribution < -0.4 is 16.0 Å². The van der Waals surface area contributed by atoms with Gasteiger partial charge in [-0.3, -0.25) is 5.84 Å².